The summed E-state index contributed by atoms with van der Waals surface area (Å²) in [6.45, 7) is 4.46. The molecule has 0 aliphatic heterocycles. The lowest BCUT2D eigenvalue weighted by atomic mass is 9.92. The van der Waals surface area contributed by atoms with Crippen LogP contribution in [0, 0.1) is 5.92 Å². The summed E-state index contributed by atoms with van der Waals surface area (Å²) in [7, 11) is -2.53. The van der Waals surface area contributed by atoms with Crippen LogP contribution >= 0.6 is 8.03 Å². The van der Waals surface area contributed by atoms with Gasteiger partial charge in [-0.2, -0.15) is 0 Å². The average molecular weight is 254 g/mol. The van der Waals surface area contributed by atoms with Crippen LogP contribution in [0.3, 0.4) is 0 Å². The molecule has 3 heteroatoms. The molecule has 0 heterocycles. The van der Waals surface area contributed by atoms with Crippen molar-refractivity contribution in [1.29, 1.82) is 0 Å². The largest absolute Gasteiger partial charge is 0.343 e. The van der Waals surface area contributed by atoms with Crippen LogP contribution in [0.4, 0.5) is 0 Å². The molecule has 2 unspecified atom stereocenters. The van der Waals surface area contributed by atoms with E-state index in [1.165, 1.54) is 31.2 Å². The summed E-state index contributed by atoms with van der Waals surface area (Å²) in [5, 5.41) is 0.556. The Bertz CT molecular complexity index is 346. The Kier molecular flexibility index (Phi) is 6.54. The van der Waals surface area contributed by atoms with Gasteiger partial charge in [0.25, 0.3) is 0 Å². The maximum atomic E-state index is 10.9. The first kappa shape index (κ1) is 14.5. The van der Waals surface area contributed by atoms with Gasteiger partial charge < -0.3 is 4.89 Å². The molecule has 2 nitrogen and oxygen atoms in total. The first-order chi connectivity index (χ1) is 8.17. The Hall–Kier alpha value is -0.590. The molecule has 1 aromatic rings. The van der Waals surface area contributed by atoms with Crippen LogP contribution in [0.1, 0.15) is 45.1 Å². The summed E-state index contributed by atoms with van der Waals surface area (Å²) in [5.41, 5.74) is 1.28. The Labute approximate surface area is 105 Å². The van der Waals surface area contributed by atoms with Crippen LogP contribution in [0.2, 0.25) is 0 Å². The predicted octanol–water partition coefficient (Wildman–Crippen LogP) is 3.54. The first-order valence-electron chi connectivity index (χ1n) is 6.49. The van der Waals surface area contributed by atoms with Crippen molar-refractivity contribution in [2.75, 3.05) is 0 Å². The van der Waals surface area contributed by atoms with Crippen molar-refractivity contribution in [3.63, 3.8) is 0 Å². The molecule has 17 heavy (non-hydrogen) atoms. The predicted molar refractivity (Wildman–Crippen MR) is 74.3 cm³/mol. The van der Waals surface area contributed by atoms with Crippen LogP contribution < -0.4 is 5.30 Å². The molecule has 0 radical (unpaired) electrons. The van der Waals surface area contributed by atoms with Gasteiger partial charge in [0, 0.05) is 5.30 Å². The Morgan fingerprint density at radius 1 is 1.24 bits per heavy atom. The van der Waals surface area contributed by atoms with Gasteiger partial charge in [0.1, 0.15) is 0 Å². The smallest absolute Gasteiger partial charge is 0.218 e. The van der Waals surface area contributed by atoms with Gasteiger partial charge in [0.05, 0.1) is 0 Å². The molecule has 1 N–H and O–H groups in total. The normalized spacial score (nSPS) is 14.5. The van der Waals surface area contributed by atoms with Gasteiger partial charge in [-0.3, -0.25) is 4.57 Å². The van der Waals surface area contributed by atoms with E-state index in [1.54, 1.807) is 12.1 Å². The maximum absolute atomic E-state index is 10.9. The molecule has 0 aliphatic carbocycles. The fourth-order valence-electron chi connectivity index (χ4n) is 2.06. The highest BCUT2D eigenvalue weighted by molar-refractivity contribution is 7.47. The lowest BCUT2D eigenvalue weighted by Gasteiger charge is -2.14. The van der Waals surface area contributed by atoms with Gasteiger partial charge in [0.2, 0.25) is 8.03 Å². The maximum Gasteiger partial charge on any atom is 0.218 e. The SMILES string of the molecule is CCCCC(CC)Cc1ccc([PH](=O)O)cc1. The van der Waals surface area contributed by atoms with Gasteiger partial charge in [-0.25, -0.2) is 0 Å². The van der Waals surface area contributed by atoms with E-state index in [2.05, 4.69) is 13.8 Å². The standard InChI is InChI=1S/C14H23O2P/c1-3-5-6-12(4-2)11-13-7-9-14(10-8-13)17(15)16/h7-10,12,17H,3-6,11H2,1-2H3,(H,15,16). The number of benzene rings is 1. The fraction of sp³-hybridized carbons (Fsp3) is 0.571. The lowest BCUT2D eigenvalue weighted by molar-refractivity contribution is 0.449. The quantitative estimate of drug-likeness (QED) is 0.756. The van der Waals surface area contributed by atoms with Crippen LogP contribution in [-0.2, 0) is 11.0 Å². The molecular weight excluding hydrogens is 231 g/mol. The molecule has 0 spiro atoms. The Morgan fingerprint density at radius 2 is 1.88 bits per heavy atom. The molecule has 96 valence electrons. The number of unbranched alkanes of at least 4 members (excludes halogenated alkanes) is 1. The highest BCUT2D eigenvalue weighted by atomic mass is 31.1. The summed E-state index contributed by atoms with van der Waals surface area (Å²) >= 11 is 0. The second kappa shape index (κ2) is 7.68. The zero-order valence-corrected chi connectivity index (χ0v) is 11.8. The molecule has 1 rings (SSSR count). The number of hydrogen-bond donors (Lipinski definition) is 1. The zero-order chi connectivity index (χ0) is 12.7. The lowest BCUT2D eigenvalue weighted by Crippen LogP contribution is -2.04. The summed E-state index contributed by atoms with van der Waals surface area (Å²) in [6, 6.07) is 7.54. The Balaban J connectivity index is 2.57. The molecule has 0 fully saturated rings. The monoisotopic (exact) mass is 254 g/mol. The number of hydrogen-bond acceptors (Lipinski definition) is 1. The van der Waals surface area contributed by atoms with E-state index >= 15 is 0 Å². The van der Waals surface area contributed by atoms with Crippen molar-refractivity contribution in [2.24, 2.45) is 5.92 Å². The molecule has 0 saturated heterocycles. The molecule has 0 saturated carbocycles. The molecule has 2 atom stereocenters. The summed E-state index contributed by atoms with van der Waals surface area (Å²) in [5.74, 6) is 0.743. The highest BCUT2D eigenvalue weighted by Crippen LogP contribution is 2.19. The topological polar surface area (TPSA) is 37.3 Å². The number of rotatable bonds is 7. The van der Waals surface area contributed by atoms with E-state index in [0.717, 1.165) is 12.3 Å². The van der Waals surface area contributed by atoms with E-state index in [9.17, 15) is 4.57 Å². The molecule has 0 bridgehead atoms. The van der Waals surface area contributed by atoms with Crippen molar-refractivity contribution < 1.29 is 9.46 Å². The fourth-order valence-corrected chi connectivity index (χ4v) is 2.51. The first-order valence-corrected chi connectivity index (χ1v) is 7.85. The molecule has 0 aromatic heterocycles. The van der Waals surface area contributed by atoms with E-state index in [4.69, 9.17) is 4.89 Å². The minimum atomic E-state index is -2.53. The third-order valence-electron chi connectivity index (χ3n) is 3.27. The second-order valence-electron chi connectivity index (χ2n) is 4.62. The van der Waals surface area contributed by atoms with Crippen molar-refractivity contribution in [3.8, 4) is 0 Å². The third kappa shape index (κ3) is 5.06. The molecule has 1 aromatic carbocycles. The van der Waals surface area contributed by atoms with Gasteiger partial charge in [-0.1, -0.05) is 51.7 Å². The molecular formula is C14H23O2P. The van der Waals surface area contributed by atoms with E-state index < -0.39 is 8.03 Å². The molecule has 0 amide bonds. The van der Waals surface area contributed by atoms with Crippen molar-refractivity contribution in [2.45, 2.75) is 46.0 Å². The minimum Gasteiger partial charge on any atom is -0.343 e. The summed E-state index contributed by atoms with van der Waals surface area (Å²) in [6.07, 6.45) is 6.12. The summed E-state index contributed by atoms with van der Waals surface area (Å²) < 4.78 is 10.9. The van der Waals surface area contributed by atoms with Crippen molar-refractivity contribution in [1.82, 2.24) is 0 Å². The molecule has 0 aliphatic rings. The van der Waals surface area contributed by atoms with Crippen LogP contribution in [0.25, 0.3) is 0 Å². The van der Waals surface area contributed by atoms with Crippen molar-refractivity contribution in [3.05, 3.63) is 29.8 Å². The van der Waals surface area contributed by atoms with Crippen molar-refractivity contribution >= 4 is 13.3 Å². The van der Waals surface area contributed by atoms with Gasteiger partial charge >= 0.3 is 0 Å². The van der Waals surface area contributed by atoms with Crippen LogP contribution in [0.15, 0.2) is 24.3 Å². The van der Waals surface area contributed by atoms with Gasteiger partial charge in [0.15, 0.2) is 0 Å². The second-order valence-corrected chi connectivity index (χ2v) is 5.81. The minimum absolute atomic E-state index is 0.556. The van der Waals surface area contributed by atoms with Gasteiger partial charge in [-0.05, 0) is 30.0 Å². The van der Waals surface area contributed by atoms with E-state index in [1.807, 2.05) is 12.1 Å². The summed E-state index contributed by atoms with van der Waals surface area (Å²) in [4.78, 5) is 9.01. The van der Waals surface area contributed by atoms with Gasteiger partial charge in [-0.15, -0.1) is 0 Å². The van der Waals surface area contributed by atoms with Crippen LogP contribution in [-0.4, -0.2) is 4.89 Å². The van der Waals surface area contributed by atoms with E-state index in [-0.39, 0.29) is 0 Å². The highest BCUT2D eigenvalue weighted by Gasteiger charge is 2.07. The average Bonchev–Trinajstić information content (AvgIpc) is 2.35. The Morgan fingerprint density at radius 3 is 2.35 bits per heavy atom. The van der Waals surface area contributed by atoms with Crippen LogP contribution in [0.5, 0.6) is 0 Å². The third-order valence-corrected chi connectivity index (χ3v) is 4.10. The zero-order valence-electron chi connectivity index (χ0n) is 10.8. The van der Waals surface area contributed by atoms with E-state index in [0.29, 0.717) is 5.30 Å².